The lowest BCUT2D eigenvalue weighted by molar-refractivity contribution is 0.996. The van der Waals surface area contributed by atoms with Gasteiger partial charge >= 0.3 is 0 Å². The molecule has 2 radical (unpaired) electrons. The van der Waals surface area contributed by atoms with Gasteiger partial charge in [-0.1, -0.05) is 150 Å². The quantitative estimate of drug-likeness (QED) is 0.157. The van der Waals surface area contributed by atoms with Crippen molar-refractivity contribution in [2.45, 2.75) is 152 Å². The van der Waals surface area contributed by atoms with Crippen molar-refractivity contribution in [2.24, 2.45) is 0 Å². The molecule has 1 aromatic rings. The van der Waals surface area contributed by atoms with Crippen LogP contribution < -0.4 is 5.19 Å². The predicted molar refractivity (Wildman–Crippen MR) is 211 cm³/mol. The van der Waals surface area contributed by atoms with Gasteiger partial charge in [-0.15, -0.1) is 15.3 Å². The SMILES string of the molecule is C[Si](C)(C)C(c1cc(C([Si](C)(C)C)([Si](C)(C)C)[Si](C)(C)C)cc(C([Si](C)(C)C)[Si](C)(C)C)c1[Si]Br)[Si](C)(C)C. The monoisotopic (exact) mass is 730 g/mol. The summed E-state index contributed by atoms with van der Waals surface area (Å²) < 4.78 is 0.414. The fraction of sp³-hybridized carbons (Fsp3) is 0.800. The molecule has 0 amide bonds. The molecule has 1 rings (SSSR count). The molecule has 1 aromatic carbocycles. The van der Waals surface area contributed by atoms with Gasteiger partial charge in [0.05, 0.1) is 0 Å². The second kappa shape index (κ2) is 11.7. The van der Waals surface area contributed by atoms with Crippen molar-refractivity contribution in [3.8, 4) is 0 Å². The van der Waals surface area contributed by atoms with Gasteiger partial charge in [0.2, 0.25) is 0 Å². The third kappa shape index (κ3) is 7.75. The molecule has 39 heavy (non-hydrogen) atoms. The maximum absolute atomic E-state index is 4.17. The Morgan fingerprint density at radius 2 is 0.718 bits per heavy atom. The lowest BCUT2D eigenvalue weighted by atomic mass is 10.1. The smallest absolute Gasteiger partial charge is 0.125 e. The highest BCUT2D eigenvalue weighted by atomic mass is 79.9. The molecule has 0 bridgehead atoms. The Balaban J connectivity index is 4.79. The zero-order valence-electron chi connectivity index (χ0n) is 30.2. The van der Waals surface area contributed by atoms with Gasteiger partial charge < -0.3 is 0 Å². The molecule has 0 aliphatic carbocycles. The van der Waals surface area contributed by atoms with Crippen LogP contribution in [0.25, 0.3) is 0 Å². The highest BCUT2D eigenvalue weighted by Crippen LogP contribution is 2.51. The number of benzene rings is 1. The second-order valence-corrected chi connectivity index (χ2v) is 61.5. The maximum Gasteiger partial charge on any atom is 0.176 e. The second-order valence-electron chi connectivity index (χ2n) is 20.0. The van der Waals surface area contributed by atoms with E-state index in [0.29, 0.717) is 12.4 Å². The minimum absolute atomic E-state index is 0.414. The first-order valence-electron chi connectivity index (χ1n) is 15.3. The molecule has 9 heteroatoms. The summed E-state index contributed by atoms with van der Waals surface area (Å²) in [6, 6.07) is 5.79. The van der Waals surface area contributed by atoms with Crippen molar-refractivity contribution < 1.29 is 0 Å². The van der Waals surface area contributed by atoms with E-state index in [2.05, 4.69) is 165 Å². The van der Waals surface area contributed by atoms with Crippen LogP contribution in [0.4, 0.5) is 0 Å². The van der Waals surface area contributed by atoms with Gasteiger partial charge in [0.15, 0.2) is 8.14 Å². The summed E-state index contributed by atoms with van der Waals surface area (Å²) in [6.45, 7) is 56.6. The summed E-state index contributed by atoms with van der Waals surface area (Å²) in [4.78, 5) is 0. The molecule has 0 heterocycles. The summed E-state index contributed by atoms with van der Waals surface area (Å²) in [5.74, 6) is 0. The molecule has 0 nitrogen and oxygen atoms in total. The van der Waals surface area contributed by atoms with E-state index in [4.69, 9.17) is 0 Å². The molecule has 0 N–H and O–H groups in total. The Morgan fingerprint density at radius 1 is 0.487 bits per heavy atom. The molecule has 0 aliphatic rings. The molecule has 0 unspecified atom stereocenters. The summed E-state index contributed by atoms with van der Waals surface area (Å²) in [5.41, 5.74) is 5.41. The van der Waals surface area contributed by atoms with Crippen molar-refractivity contribution >= 4 is 85.1 Å². The van der Waals surface area contributed by atoms with Crippen molar-refractivity contribution in [3.05, 3.63) is 28.8 Å². The van der Waals surface area contributed by atoms with Gasteiger partial charge in [0.1, 0.15) is 0 Å². The first-order valence-corrected chi connectivity index (χ1v) is 43.4. The molecule has 226 valence electrons. The van der Waals surface area contributed by atoms with E-state index in [9.17, 15) is 0 Å². The summed E-state index contributed by atoms with van der Waals surface area (Å²) in [5, 5.41) is 3.28. The van der Waals surface area contributed by atoms with E-state index in [-0.39, 0.29) is 0 Å². The molecule has 0 aliphatic heterocycles. The predicted octanol–water partition coefficient (Wildman–Crippen LogP) is 10.9. The molecule has 0 aromatic heterocycles. The van der Waals surface area contributed by atoms with Crippen LogP contribution in [-0.4, -0.2) is 64.7 Å². The summed E-state index contributed by atoms with van der Waals surface area (Å²) >= 11 is 4.17. The van der Waals surface area contributed by atoms with Crippen molar-refractivity contribution in [2.75, 3.05) is 0 Å². The Hall–Kier alpha value is 1.44. The zero-order valence-corrected chi connectivity index (χ0v) is 39.8. The molecule has 0 saturated heterocycles. The van der Waals surface area contributed by atoms with E-state index in [1.165, 1.54) is 0 Å². The van der Waals surface area contributed by atoms with Gasteiger partial charge in [0.25, 0.3) is 0 Å². The summed E-state index contributed by atoms with van der Waals surface area (Å²) in [7, 11) is -10.1. The molecular formula is C30H67BrSi8. The van der Waals surface area contributed by atoms with Gasteiger partial charge in [-0.25, -0.2) is 0 Å². The van der Waals surface area contributed by atoms with Crippen LogP contribution in [-0.2, 0) is 4.28 Å². The van der Waals surface area contributed by atoms with E-state index in [1.807, 2.05) is 5.56 Å². The van der Waals surface area contributed by atoms with Gasteiger partial charge in [-0.05, 0) is 36.5 Å². The fourth-order valence-corrected chi connectivity index (χ4v) is 68.7. The normalized spacial score (nSPS) is 15.5. The number of halogens is 1. The van der Waals surface area contributed by atoms with Crippen LogP contribution in [0.15, 0.2) is 12.1 Å². The van der Waals surface area contributed by atoms with E-state index in [1.54, 1.807) is 16.3 Å². The highest BCUT2D eigenvalue weighted by molar-refractivity contribution is 9.23. The van der Waals surface area contributed by atoms with Crippen molar-refractivity contribution in [1.29, 1.82) is 0 Å². The van der Waals surface area contributed by atoms with E-state index in [0.717, 1.165) is 10.3 Å². The third-order valence-electron chi connectivity index (χ3n) is 9.19. The molecular weight excluding hydrogens is 665 g/mol. The zero-order chi connectivity index (χ0) is 31.6. The lowest BCUT2D eigenvalue weighted by Gasteiger charge is -2.60. The van der Waals surface area contributed by atoms with Crippen LogP contribution in [0.3, 0.4) is 0 Å². The van der Waals surface area contributed by atoms with Gasteiger partial charge in [-0.3, -0.25) is 0 Å². The van der Waals surface area contributed by atoms with Crippen molar-refractivity contribution in [3.63, 3.8) is 0 Å². The van der Waals surface area contributed by atoms with Crippen LogP contribution in [0.5, 0.6) is 0 Å². The maximum atomic E-state index is 4.17. The molecule has 0 atom stereocenters. The van der Waals surface area contributed by atoms with Crippen LogP contribution in [0, 0.1) is 0 Å². The van der Waals surface area contributed by atoms with Crippen molar-refractivity contribution in [1.82, 2.24) is 0 Å². The van der Waals surface area contributed by atoms with Gasteiger partial charge in [-0.2, -0.15) is 0 Å². The molecule has 0 fully saturated rings. The number of rotatable bonds is 11. The Bertz CT molecular complexity index is 884. The van der Waals surface area contributed by atoms with E-state index >= 15 is 0 Å². The van der Waals surface area contributed by atoms with Crippen LogP contribution in [0.2, 0.25) is 137 Å². The standard InChI is InChI=1S/C30H67BrSi8/c1-33(2,3)28(34(4,5)6)25-22-24(30(37(13,14)15,38(16,17)18)39(19,20)21)23-26(27(25)32-31)29(35(7,8)9)36(10,11)12/h22-23,28-29H,1-21H3. The van der Waals surface area contributed by atoms with E-state index < -0.39 is 56.5 Å². The first-order chi connectivity index (χ1) is 16.8. The Morgan fingerprint density at radius 3 is 0.872 bits per heavy atom. The highest BCUT2D eigenvalue weighted by Gasteiger charge is 2.61. The van der Waals surface area contributed by atoms with Gasteiger partial charge in [0, 0.05) is 56.5 Å². The number of hydrogen-bond acceptors (Lipinski definition) is 0. The first kappa shape index (κ1) is 38.5. The summed E-state index contributed by atoms with van der Waals surface area (Å²) in [6.07, 6.45) is 0. The average molecular weight is 732 g/mol. The number of hydrogen-bond donors (Lipinski definition) is 0. The minimum atomic E-state index is -1.62. The minimum Gasteiger partial charge on any atom is -0.125 e. The fourth-order valence-electron chi connectivity index (χ4n) is 10.6. The topological polar surface area (TPSA) is 0 Å². The Labute approximate surface area is 264 Å². The largest absolute Gasteiger partial charge is 0.176 e. The van der Waals surface area contributed by atoms with Crippen LogP contribution >= 0.6 is 15.3 Å². The Kier molecular flexibility index (Phi) is 11.6. The molecule has 0 saturated carbocycles. The van der Waals surface area contributed by atoms with Crippen LogP contribution in [0.1, 0.15) is 27.0 Å². The third-order valence-corrected chi connectivity index (χ3v) is 50.8. The molecule has 0 spiro atoms. The average Bonchev–Trinajstić information content (AvgIpc) is 2.52. The lowest BCUT2D eigenvalue weighted by Crippen LogP contribution is -2.74.